The van der Waals surface area contributed by atoms with E-state index in [0.717, 1.165) is 21.6 Å². The van der Waals surface area contributed by atoms with Crippen LogP contribution < -0.4 is 20.1 Å². The number of fused-ring (bicyclic) bond motifs is 1. The molecule has 4 amide bonds. The number of nitrogens with zero attached hydrogens (tertiary/aromatic N) is 1. The van der Waals surface area contributed by atoms with Crippen LogP contribution in [-0.4, -0.2) is 36.1 Å². The topological polar surface area (TPSA) is 97.0 Å². The summed E-state index contributed by atoms with van der Waals surface area (Å²) < 4.78 is 10.7. The van der Waals surface area contributed by atoms with Crippen LogP contribution in [0, 0.1) is 20.8 Å². The van der Waals surface area contributed by atoms with Gasteiger partial charge in [0.15, 0.2) is 11.5 Å². The zero-order valence-electron chi connectivity index (χ0n) is 17.3. The minimum atomic E-state index is -1.30. The fraction of sp³-hybridized carbons (Fsp3) is 0.318. The molecule has 2 aromatic carbocycles. The van der Waals surface area contributed by atoms with Crippen molar-refractivity contribution in [3.8, 4) is 11.5 Å². The lowest BCUT2D eigenvalue weighted by atomic mass is 9.91. The van der Waals surface area contributed by atoms with Gasteiger partial charge in [0.1, 0.15) is 12.1 Å². The van der Waals surface area contributed by atoms with Crippen molar-refractivity contribution in [1.29, 1.82) is 0 Å². The number of hydrogen-bond acceptors (Lipinski definition) is 5. The molecular formula is C22H23N3O5. The van der Waals surface area contributed by atoms with Gasteiger partial charge >= 0.3 is 6.03 Å². The molecule has 0 aromatic heterocycles. The first-order valence-electron chi connectivity index (χ1n) is 9.61. The van der Waals surface area contributed by atoms with Crippen LogP contribution in [0.5, 0.6) is 11.5 Å². The first-order valence-corrected chi connectivity index (χ1v) is 9.61. The molecule has 8 heteroatoms. The molecule has 30 heavy (non-hydrogen) atoms. The summed E-state index contributed by atoms with van der Waals surface area (Å²) in [6, 6.07) is 8.38. The van der Waals surface area contributed by atoms with Crippen molar-refractivity contribution in [2.45, 2.75) is 33.2 Å². The quantitative estimate of drug-likeness (QED) is 0.757. The molecule has 156 valence electrons. The first kappa shape index (κ1) is 19.8. The Kier molecular flexibility index (Phi) is 4.64. The normalized spacial score (nSPS) is 19.8. The van der Waals surface area contributed by atoms with Crippen LogP contribution in [0.2, 0.25) is 0 Å². The maximum absolute atomic E-state index is 13.1. The molecule has 0 radical (unpaired) electrons. The Labute approximate surface area is 174 Å². The Morgan fingerprint density at radius 1 is 1.10 bits per heavy atom. The summed E-state index contributed by atoms with van der Waals surface area (Å²) in [5.41, 5.74) is 2.88. The second kappa shape index (κ2) is 7.05. The molecule has 1 fully saturated rings. The molecule has 0 spiro atoms. The number of amides is 4. The van der Waals surface area contributed by atoms with Crippen LogP contribution in [-0.2, 0) is 15.1 Å². The number of urea groups is 1. The largest absolute Gasteiger partial charge is 0.454 e. The molecule has 2 heterocycles. The predicted molar refractivity (Wildman–Crippen MR) is 109 cm³/mol. The average molecular weight is 409 g/mol. The maximum Gasteiger partial charge on any atom is 0.325 e. The van der Waals surface area contributed by atoms with Crippen LogP contribution in [0.1, 0.15) is 29.2 Å². The monoisotopic (exact) mass is 409 g/mol. The van der Waals surface area contributed by atoms with Gasteiger partial charge in [0.2, 0.25) is 12.7 Å². The van der Waals surface area contributed by atoms with E-state index in [-0.39, 0.29) is 13.3 Å². The number of benzene rings is 2. The molecular weight excluding hydrogens is 386 g/mol. The van der Waals surface area contributed by atoms with Crippen LogP contribution >= 0.6 is 0 Å². The minimum absolute atomic E-state index is 0.111. The lowest BCUT2D eigenvalue weighted by molar-refractivity contribution is -0.133. The Morgan fingerprint density at radius 3 is 2.47 bits per heavy atom. The van der Waals surface area contributed by atoms with Crippen molar-refractivity contribution in [3.63, 3.8) is 0 Å². The smallest absolute Gasteiger partial charge is 0.325 e. The van der Waals surface area contributed by atoms with Crippen molar-refractivity contribution in [3.05, 3.63) is 52.6 Å². The summed E-state index contributed by atoms with van der Waals surface area (Å²) in [5.74, 6) is 0.152. The number of carbonyl (C=O) groups is 3. The number of anilines is 1. The molecule has 0 unspecified atom stereocenters. The Balaban J connectivity index is 1.52. The second-order valence-electron chi connectivity index (χ2n) is 7.84. The van der Waals surface area contributed by atoms with Crippen LogP contribution in [0.25, 0.3) is 0 Å². The summed E-state index contributed by atoms with van der Waals surface area (Å²) in [7, 11) is 0. The molecule has 8 nitrogen and oxygen atoms in total. The van der Waals surface area contributed by atoms with Gasteiger partial charge in [-0.25, -0.2) is 4.79 Å². The molecule has 1 atom stereocenters. The summed E-state index contributed by atoms with van der Waals surface area (Å²) in [4.78, 5) is 39.2. The van der Waals surface area contributed by atoms with Gasteiger partial charge in [-0.3, -0.25) is 14.5 Å². The van der Waals surface area contributed by atoms with Crippen molar-refractivity contribution < 1.29 is 23.9 Å². The number of nitrogens with one attached hydrogen (secondary N) is 2. The zero-order valence-corrected chi connectivity index (χ0v) is 17.3. The van der Waals surface area contributed by atoms with E-state index in [1.807, 2.05) is 32.9 Å². The van der Waals surface area contributed by atoms with Crippen molar-refractivity contribution in [2.75, 3.05) is 18.7 Å². The van der Waals surface area contributed by atoms with E-state index in [2.05, 4.69) is 10.6 Å². The van der Waals surface area contributed by atoms with Crippen molar-refractivity contribution in [2.24, 2.45) is 0 Å². The standard InChI is InChI=1S/C22H23N3O5/c1-12-7-13(2)19(14(3)8-12)23-18(26)10-25-20(27)22(4,24-21(25)28)15-5-6-16-17(9-15)30-11-29-16/h5-9H,10-11H2,1-4H3,(H,23,26)(H,24,28)/t22-/m1/s1. The highest BCUT2D eigenvalue weighted by molar-refractivity contribution is 6.10. The summed E-state index contributed by atoms with van der Waals surface area (Å²) in [6.07, 6.45) is 0. The minimum Gasteiger partial charge on any atom is -0.454 e. The highest BCUT2D eigenvalue weighted by Crippen LogP contribution is 2.37. The van der Waals surface area contributed by atoms with Gasteiger partial charge < -0.3 is 20.1 Å². The highest BCUT2D eigenvalue weighted by atomic mass is 16.7. The predicted octanol–water partition coefficient (Wildman–Crippen LogP) is 2.75. The van der Waals surface area contributed by atoms with Gasteiger partial charge in [0.25, 0.3) is 5.91 Å². The van der Waals surface area contributed by atoms with Crippen molar-refractivity contribution >= 4 is 23.5 Å². The average Bonchev–Trinajstić information content (AvgIpc) is 3.23. The molecule has 0 aliphatic carbocycles. The van der Waals surface area contributed by atoms with Crippen LogP contribution in [0.3, 0.4) is 0 Å². The van der Waals surface area contributed by atoms with Gasteiger partial charge in [-0.1, -0.05) is 23.8 Å². The van der Waals surface area contributed by atoms with Gasteiger partial charge in [0, 0.05) is 5.69 Å². The van der Waals surface area contributed by atoms with Gasteiger partial charge in [-0.05, 0) is 56.5 Å². The number of rotatable bonds is 4. The summed E-state index contributed by atoms with van der Waals surface area (Å²) in [6.45, 7) is 7.13. The van der Waals surface area contributed by atoms with E-state index in [1.165, 1.54) is 0 Å². The highest BCUT2D eigenvalue weighted by Gasteiger charge is 2.49. The van der Waals surface area contributed by atoms with E-state index < -0.39 is 23.4 Å². The fourth-order valence-electron chi connectivity index (χ4n) is 3.94. The Bertz CT molecular complexity index is 1060. The zero-order chi connectivity index (χ0) is 21.6. The van der Waals surface area contributed by atoms with Crippen LogP contribution in [0.15, 0.2) is 30.3 Å². The van der Waals surface area contributed by atoms with E-state index in [1.54, 1.807) is 25.1 Å². The van der Waals surface area contributed by atoms with Gasteiger partial charge in [-0.2, -0.15) is 0 Å². The van der Waals surface area contributed by atoms with Gasteiger partial charge in [0.05, 0.1) is 0 Å². The number of imide groups is 1. The van der Waals surface area contributed by atoms with Gasteiger partial charge in [-0.15, -0.1) is 0 Å². The second-order valence-corrected chi connectivity index (χ2v) is 7.84. The lowest BCUT2D eigenvalue weighted by Crippen LogP contribution is -2.42. The third-order valence-electron chi connectivity index (χ3n) is 5.47. The van der Waals surface area contributed by atoms with Crippen molar-refractivity contribution in [1.82, 2.24) is 10.2 Å². The van der Waals surface area contributed by atoms with E-state index in [4.69, 9.17) is 9.47 Å². The van der Waals surface area contributed by atoms with E-state index in [0.29, 0.717) is 22.7 Å². The third kappa shape index (κ3) is 3.24. The lowest BCUT2D eigenvalue weighted by Gasteiger charge is -2.22. The molecule has 2 aliphatic rings. The Morgan fingerprint density at radius 2 is 1.77 bits per heavy atom. The number of ether oxygens (including phenoxy) is 2. The SMILES string of the molecule is Cc1cc(C)c(NC(=O)CN2C(=O)N[C@](C)(c3ccc4c(c3)OCO4)C2=O)c(C)c1. The maximum atomic E-state index is 13.1. The molecule has 2 N–H and O–H groups in total. The van der Waals surface area contributed by atoms with E-state index >= 15 is 0 Å². The number of hydrogen-bond donors (Lipinski definition) is 2. The van der Waals surface area contributed by atoms with E-state index in [9.17, 15) is 14.4 Å². The third-order valence-corrected chi connectivity index (χ3v) is 5.47. The molecule has 0 saturated carbocycles. The number of carbonyl (C=O) groups excluding carboxylic acids is 3. The summed E-state index contributed by atoms with van der Waals surface area (Å²) >= 11 is 0. The fourth-order valence-corrected chi connectivity index (χ4v) is 3.94. The molecule has 0 bridgehead atoms. The molecule has 2 aliphatic heterocycles. The molecule has 4 rings (SSSR count). The number of aryl methyl sites for hydroxylation is 3. The first-order chi connectivity index (χ1) is 14.2. The molecule has 1 saturated heterocycles. The molecule has 2 aromatic rings. The van der Waals surface area contributed by atoms with Crippen LogP contribution in [0.4, 0.5) is 10.5 Å². The Hall–Kier alpha value is -3.55. The summed E-state index contributed by atoms with van der Waals surface area (Å²) in [5, 5.41) is 5.52.